The summed E-state index contributed by atoms with van der Waals surface area (Å²) in [6, 6.07) is 0.343. The van der Waals surface area contributed by atoms with Crippen molar-refractivity contribution < 1.29 is 4.74 Å². The van der Waals surface area contributed by atoms with Crippen LogP contribution in [0.2, 0.25) is 0 Å². The summed E-state index contributed by atoms with van der Waals surface area (Å²) < 4.78 is 5.37. The third-order valence-electron chi connectivity index (χ3n) is 3.92. The summed E-state index contributed by atoms with van der Waals surface area (Å²) >= 11 is 0. The van der Waals surface area contributed by atoms with Gasteiger partial charge in [-0.05, 0) is 25.7 Å². The summed E-state index contributed by atoms with van der Waals surface area (Å²) in [5.74, 6) is 2.33. The summed E-state index contributed by atoms with van der Waals surface area (Å²) in [5, 5.41) is 7.44. The van der Waals surface area contributed by atoms with E-state index in [4.69, 9.17) is 10.5 Å². The summed E-state index contributed by atoms with van der Waals surface area (Å²) in [7, 11) is 0. The lowest BCUT2D eigenvalue weighted by molar-refractivity contribution is 0.0836. The number of H-pyrrole nitrogens is 1. The van der Waals surface area contributed by atoms with E-state index in [1.807, 2.05) is 0 Å². The van der Waals surface area contributed by atoms with Crippen LogP contribution >= 0.6 is 0 Å². The standard InChI is InChI=1S/C12H21N5O/c13-10-1-5-17(6-2-10)12-14-11(15-16-12)9-3-7-18-8-4-9/h9-10H,1-8,13H2,(H,14,15,16). The highest BCUT2D eigenvalue weighted by molar-refractivity contribution is 5.30. The molecule has 6 nitrogen and oxygen atoms in total. The number of hydrogen-bond acceptors (Lipinski definition) is 5. The molecule has 0 atom stereocenters. The Balaban J connectivity index is 1.65. The Morgan fingerprint density at radius 1 is 1.17 bits per heavy atom. The third kappa shape index (κ3) is 2.49. The summed E-state index contributed by atoms with van der Waals surface area (Å²) in [4.78, 5) is 6.87. The smallest absolute Gasteiger partial charge is 0.244 e. The minimum absolute atomic E-state index is 0.343. The molecule has 0 bridgehead atoms. The Bertz CT molecular complexity index is 380. The van der Waals surface area contributed by atoms with E-state index in [1.54, 1.807) is 0 Å². The van der Waals surface area contributed by atoms with Crippen molar-refractivity contribution in [3.63, 3.8) is 0 Å². The van der Waals surface area contributed by atoms with Gasteiger partial charge in [-0.15, -0.1) is 5.10 Å². The van der Waals surface area contributed by atoms with E-state index >= 15 is 0 Å². The molecular formula is C12H21N5O. The molecule has 3 N–H and O–H groups in total. The normalized spacial score (nSPS) is 23.5. The number of anilines is 1. The van der Waals surface area contributed by atoms with Gasteiger partial charge in [-0.1, -0.05) is 0 Å². The van der Waals surface area contributed by atoms with Gasteiger partial charge in [0, 0.05) is 38.3 Å². The number of nitrogens with two attached hydrogens (primary N) is 1. The molecule has 100 valence electrons. The molecule has 0 unspecified atom stereocenters. The zero-order valence-corrected chi connectivity index (χ0v) is 10.6. The Labute approximate surface area is 107 Å². The van der Waals surface area contributed by atoms with E-state index in [2.05, 4.69) is 20.1 Å². The molecule has 6 heteroatoms. The van der Waals surface area contributed by atoms with E-state index in [-0.39, 0.29) is 0 Å². The number of nitrogens with zero attached hydrogens (tertiary/aromatic N) is 3. The number of aromatic nitrogens is 3. The number of hydrogen-bond donors (Lipinski definition) is 2. The molecule has 2 fully saturated rings. The highest BCUT2D eigenvalue weighted by atomic mass is 16.5. The van der Waals surface area contributed by atoms with Crippen LogP contribution < -0.4 is 10.6 Å². The maximum absolute atomic E-state index is 5.91. The SMILES string of the molecule is NC1CCN(c2n[nH]c(C3CCOCC3)n2)CC1. The second kappa shape index (κ2) is 5.24. The summed E-state index contributed by atoms with van der Waals surface area (Å²) in [6.07, 6.45) is 4.14. The predicted octanol–water partition coefficient (Wildman–Crippen LogP) is 0.626. The molecule has 0 aromatic carbocycles. The molecule has 3 rings (SSSR count). The second-order valence-corrected chi connectivity index (χ2v) is 5.23. The lowest BCUT2D eigenvalue weighted by Crippen LogP contribution is -2.40. The van der Waals surface area contributed by atoms with Crippen molar-refractivity contribution in [2.45, 2.75) is 37.6 Å². The van der Waals surface area contributed by atoms with Crippen molar-refractivity contribution in [1.82, 2.24) is 15.2 Å². The molecule has 0 amide bonds. The zero-order chi connectivity index (χ0) is 12.4. The number of ether oxygens (including phenoxy) is 1. The van der Waals surface area contributed by atoms with Crippen LogP contribution in [0.5, 0.6) is 0 Å². The first-order valence-electron chi connectivity index (χ1n) is 6.83. The fourth-order valence-electron chi connectivity index (χ4n) is 2.66. The monoisotopic (exact) mass is 251 g/mol. The molecule has 2 saturated heterocycles. The first-order valence-corrected chi connectivity index (χ1v) is 6.83. The van der Waals surface area contributed by atoms with Crippen LogP contribution in [-0.2, 0) is 4.74 Å². The van der Waals surface area contributed by atoms with Gasteiger partial charge in [0.1, 0.15) is 5.82 Å². The fourth-order valence-corrected chi connectivity index (χ4v) is 2.66. The molecule has 0 aliphatic carbocycles. The molecule has 2 aliphatic rings. The Hall–Kier alpha value is -1.14. The van der Waals surface area contributed by atoms with Crippen molar-refractivity contribution in [1.29, 1.82) is 0 Å². The first-order chi connectivity index (χ1) is 8.83. The Morgan fingerprint density at radius 2 is 1.89 bits per heavy atom. The van der Waals surface area contributed by atoms with Crippen molar-refractivity contribution in [2.75, 3.05) is 31.2 Å². The molecule has 18 heavy (non-hydrogen) atoms. The van der Waals surface area contributed by atoms with Gasteiger partial charge in [-0.25, -0.2) is 0 Å². The highest BCUT2D eigenvalue weighted by Gasteiger charge is 2.23. The molecule has 0 saturated carbocycles. The first kappa shape index (κ1) is 11.9. The zero-order valence-electron chi connectivity index (χ0n) is 10.6. The van der Waals surface area contributed by atoms with Gasteiger partial charge in [-0.2, -0.15) is 4.98 Å². The van der Waals surface area contributed by atoms with Crippen LogP contribution in [0.25, 0.3) is 0 Å². The lowest BCUT2D eigenvalue weighted by atomic mass is 10.00. The fraction of sp³-hybridized carbons (Fsp3) is 0.833. The van der Waals surface area contributed by atoms with Gasteiger partial charge >= 0.3 is 0 Å². The average Bonchev–Trinajstić information content (AvgIpc) is 2.90. The van der Waals surface area contributed by atoms with Gasteiger partial charge in [0.25, 0.3) is 0 Å². The van der Waals surface area contributed by atoms with Gasteiger partial charge in [0.2, 0.25) is 5.95 Å². The van der Waals surface area contributed by atoms with Crippen LogP contribution in [0.15, 0.2) is 0 Å². The maximum atomic E-state index is 5.91. The van der Waals surface area contributed by atoms with E-state index in [1.165, 1.54) is 0 Å². The van der Waals surface area contributed by atoms with Crippen LogP contribution in [0, 0.1) is 0 Å². The van der Waals surface area contributed by atoms with Gasteiger partial charge in [-0.3, -0.25) is 5.10 Å². The number of rotatable bonds is 2. The predicted molar refractivity (Wildman–Crippen MR) is 68.6 cm³/mol. The van der Waals surface area contributed by atoms with Crippen molar-refractivity contribution in [3.05, 3.63) is 5.82 Å². The Morgan fingerprint density at radius 3 is 2.61 bits per heavy atom. The van der Waals surface area contributed by atoms with E-state index in [0.29, 0.717) is 12.0 Å². The minimum atomic E-state index is 0.343. The highest BCUT2D eigenvalue weighted by Crippen LogP contribution is 2.25. The van der Waals surface area contributed by atoms with Crippen molar-refractivity contribution in [2.24, 2.45) is 5.73 Å². The summed E-state index contributed by atoms with van der Waals surface area (Å²) in [5.41, 5.74) is 5.91. The quantitative estimate of drug-likeness (QED) is 0.805. The van der Waals surface area contributed by atoms with Crippen LogP contribution in [0.1, 0.15) is 37.4 Å². The average molecular weight is 251 g/mol. The van der Waals surface area contributed by atoms with Crippen LogP contribution in [-0.4, -0.2) is 47.5 Å². The minimum Gasteiger partial charge on any atom is -0.381 e. The molecule has 3 heterocycles. The topological polar surface area (TPSA) is 80.1 Å². The molecule has 1 aromatic heterocycles. The third-order valence-corrected chi connectivity index (χ3v) is 3.92. The number of piperidine rings is 1. The summed E-state index contributed by atoms with van der Waals surface area (Å²) in [6.45, 7) is 3.59. The van der Waals surface area contributed by atoms with Crippen LogP contribution in [0.4, 0.5) is 5.95 Å². The molecular weight excluding hydrogens is 230 g/mol. The van der Waals surface area contributed by atoms with E-state index in [9.17, 15) is 0 Å². The van der Waals surface area contributed by atoms with Crippen molar-refractivity contribution in [3.8, 4) is 0 Å². The van der Waals surface area contributed by atoms with Gasteiger partial charge < -0.3 is 15.4 Å². The maximum Gasteiger partial charge on any atom is 0.244 e. The van der Waals surface area contributed by atoms with Gasteiger partial charge in [0.05, 0.1) is 0 Å². The van der Waals surface area contributed by atoms with Crippen molar-refractivity contribution >= 4 is 5.95 Å². The largest absolute Gasteiger partial charge is 0.381 e. The van der Waals surface area contributed by atoms with Gasteiger partial charge in [0.15, 0.2) is 0 Å². The molecule has 0 radical (unpaired) electrons. The molecule has 0 spiro atoms. The van der Waals surface area contributed by atoms with E-state index in [0.717, 1.165) is 63.8 Å². The lowest BCUT2D eigenvalue weighted by Gasteiger charge is -2.29. The van der Waals surface area contributed by atoms with Crippen LogP contribution in [0.3, 0.4) is 0 Å². The molecule has 1 aromatic rings. The Kier molecular flexibility index (Phi) is 3.47. The number of nitrogens with one attached hydrogen (secondary N) is 1. The second-order valence-electron chi connectivity index (χ2n) is 5.23. The number of aromatic amines is 1. The van der Waals surface area contributed by atoms with E-state index < -0.39 is 0 Å². The molecule has 2 aliphatic heterocycles.